The number of amides is 4. The minimum Gasteiger partial charge on any atom is -0.481 e. The van der Waals surface area contributed by atoms with Crippen molar-refractivity contribution >= 4 is 29.7 Å². The molecule has 0 saturated carbocycles. The molecule has 0 bridgehead atoms. The molecule has 0 spiro atoms. The second-order valence-corrected chi connectivity index (χ2v) is 8.85. The van der Waals surface area contributed by atoms with Gasteiger partial charge < -0.3 is 25.5 Å². The third kappa shape index (κ3) is 8.06. The van der Waals surface area contributed by atoms with E-state index >= 15 is 0 Å². The number of hydrogen-bond donors (Lipinski definition) is 5. The summed E-state index contributed by atoms with van der Waals surface area (Å²) in [6.45, 7) is -0.0893. The zero-order valence-electron chi connectivity index (χ0n) is 21.4. The molecule has 0 aliphatic carbocycles. The first kappa shape index (κ1) is 27.6. The first-order valence-corrected chi connectivity index (χ1v) is 12.5. The Balaban J connectivity index is 1.27. The highest BCUT2D eigenvalue weighted by Crippen LogP contribution is 2.23. The molecule has 0 saturated heterocycles. The smallest absolute Gasteiger partial charge is 0.321 e. The summed E-state index contributed by atoms with van der Waals surface area (Å²) in [6.07, 6.45) is -0.329. The van der Waals surface area contributed by atoms with Crippen LogP contribution in [0.5, 0.6) is 0 Å². The molecule has 1 unspecified atom stereocenters. The number of carbonyl (C=O) groups excluding carboxylic acids is 3. The van der Waals surface area contributed by atoms with Crippen molar-refractivity contribution in [3.05, 3.63) is 114 Å². The van der Waals surface area contributed by atoms with Crippen LogP contribution in [0.15, 0.2) is 101 Å². The summed E-state index contributed by atoms with van der Waals surface area (Å²) < 4.78 is 5.36. The zero-order valence-corrected chi connectivity index (χ0v) is 21.4. The Bertz CT molecular complexity index is 1450. The molecular formula is C30H28N4O6. The number of urea groups is 1. The van der Waals surface area contributed by atoms with Crippen LogP contribution < -0.4 is 21.3 Å². The molecule has 1 aromatic heterocycles. The molecule has 4 amide bonds. The van der Waals surface area contributed by atoms with Crippen molar-refractivity contribution in [1.82, 2.24) is 16.0 Å². The summed E-state index contributed by atoms with van der Waals surface area (Å²) in [6, 6.07) is 27.8. The van der Waals surface area contributed by atoms with Crippen molar-refractivity contribution in [2.45, 2.75) is 19.0 Å². The van der Waals surface area contributed by atoms with Gasteiger partial charge in [0.2, 0.25) is 11.8 Å². The summed E-state index contributed by atoms with van der Waals surface area (Å²) in [5.41, 5.74) is 3.51. The van der Waals surface area contributed by atoms with Crippen LogP contribution in [0.2, 0.25) is 0 Å². The average molecular weight is 541 g/mol. The number of benzene rings is 3. The van der Waals surface area contributed by atoms with E-state index in [2.05, 4.69) is 21.3 Å². The maximum atomic E-state index is 12.6. The van der Waals surface area contributed by atoms with Crippen LogP contribution >= 0.6 is 0 Å². The van der Waals surface area contributed by atoms with Gasteiger partial charge in [0.05, 0.1) is 19.0 Å². The van der Waals surface area contributed by atoms with Gasteiger partial charge in [-0.05, 0) is 28.3 Å². The lowest BCUT2D eigenvalue weighted by Crippen LogP contribution is -2.39. The molecule has 10 heteroatoms. The highest BCUT2D eigenvalue weighted by molar-refractivity contribution is 5.95. The van der Waals surface area contributed by atoms with Crippen molar-refractivity contribution in [2.75, 3.05) is 11.9 Å². The fourth-order valence-corrected chi connectivity index (χ4v) is 3.92. The molecule has 10 nitrogen and oxygen atoms in total. The first-order chi connectivity index (χ1) is 19.4. The minimum atomic E-state index is -1.08. The first-order valence-electron chi connectivity index (χ1n) is 12.5. The van der Waals surface area contributed by atoms with Gasteiger partial charge in [0.25, 0.3) is 5.91 Å². The second-order valence-electron chi connectivity index (χ2n) is 8.85. The van der Waals surface area contributed by atoms with E-state index in [0.717, 1.165) is 16.7 Å². The van der Waals surface area contributed by atoms with Gasteiger partial charge in [-0.2, -0.15) is 0 Å². The summed E-state index contributed by atoms with van der Waals surface area (Å²) in [7, 11) is 0. The number of carboxylic acid groups (broad SMARTS) is 1. The second kappa shape index (κ2) is 13.4. The van der Waals surface area contributed by atoms with Crippen molar-refractivity contribution in [1.29, 1.82) is 0 Å². The van der Waals surface area contributed by atoms with Crippen LogP contribution in [0.4, 0.5) is 10.7 Å². The molecule has 4 rings (SSSR count). The number of furan rings is 1. The number of carboxylic acids is 1. The largest absolute Gasteiger partial charge is 0.481 e. The summed E-state index contributed by atoms with van der Waals surface area (Å²) in [5, 5.41) is 19.6. The predicted molar refractivity (Wildman–Crippen MR) is 148 cm³/mol. The van der Waals surface area contributed by atoms with E-state index in [1.54, 1.807) is 12.1 Å². The third-order valence-corrected chi connectivity index (χ3v) is 5.91. The fourth-order valence-electron chi connectivity index (χ4n) is 3.92. The van der Waals surface area contributed by atoms with Gasteiger partial charge in [0, 0.05) is 12.6 Å². The number of aliphatic carboxylic acids is 1. The molecule has 1 heterocycles. The van der Waals surface area contributed by atoms with E-state index in [0.29, 0.717) is 12.1 Å². The van der Waals surface area contributed by atoms with Crippen molar-refractivity contribution < 1.29 is 28.7 Å². The number of nitrogens with one attached hydrogen (secondary N) is 4. The quantitative estimate of drug-likeness (QED) is 0.191. The Morgan fingerprint density at radius 1 is 0.750 bits per heavy atom. The van der Waals surface area contributed by atoms with E-state index < -0.39 is 36.4 Å². The Labute approximate surface area is 230 Å². The Kier molecular flexibility index (Phi) is 9.28. The van der Waals surface area contributed by atoms with Crippen LogP contribution in [0.3, 0.4) is 0 Å². The van der Waals surface area contributed by atoms with Crippen LogP contribution in [0.25, 0.3) is 11.1 Å². The molecule has 0 aliphatic rings. The molecule has 4 aromatic rings. The highest BCUT2D eigenvalue weighted by atomic mass is 16.4. The van der Waals surface area contributed by atoms with E-state index in [1.165, 1.54) is 12.1 Å². The third-order valence-electron chi connectivity index (χ3n) is 5.91. The molecule has 0 aliphatic heterocycles. The molecule has 1 atom stereocenters. The summed E-state index contributed by atoms with van der Waals surface area (Å²) >= 11 is 0. The van der Waals surface area contributed by atoms with Crippen molar-refractivity contribution in [3.63, 3.8) is 0 Å². The van der Waals surface area contributed by atoms with Gasteiger partial charge in [-0.1, -0.05) is 84.9 Å². The van der Waals surface area contributed by atoms with E-state index in [1.807, 2.05) is 72.8 Å². The molecular weight excluding hydrogens is 512 g/mol. The van der Waals surface area contributed by atoms with Crippen LogP contribution in [0.1, 0.15) is 34.1 Å². The normalized spacial score (nSPS) is 11.2. The van der Waals surface area contributed by atoms with Gasteiger partial charge in [-0.25, -0.2) is 4.79 Å². The molecule has 3 aromatic carbocycles. The standard InChI is InChI=1S/C30H28N4O6/c35-26(33-24(17-28(36)37)23-13-11-22(12-14-23)21-9-5-2-6-10-21)19-31-29(38)25-15-16-27(40-25)34-30(39)32-18-20-7-3-1-4-8-20/h1-16,24H,17-19H2,(H,31,38)(H,33,35)(H,36,37)(H2,32,34,39). The maximum absolute atomic E-state index is 12.6. The molecule has 0 radical (unpaired) electrons. The van der Waals surface area contributed by atoms with Gasteiger partial charge in [0.15, 0.2) is 5.76 Å². The topological polar surface area (TPSA) is 150 Å². The van der Waals surface area contributed by atoms with Crippen LogP contribution in [-0.2, 0) is 16.1 Å². The molecule has 5 N–H and O–H groups in total. The van der Waals surface area contributed by atoms with Crippen LogP contribution in [-0.4, -0.2) is 35.5 Å². The fraction of sp³-hybridized carbons (Fsp3) is 0.133. The van der Waals surface area contributed by atoms with Crippen molar-refractivity contribution in [3.8, 4) is 11.1 Å². The average Bonchev–Trinajstić information content (AvgIpc) is 3.44. The molecule has 0 fully saturated rings. The van der Waals surface area contributed by atoms with E-state index in [-0.39, 0.29) is 18.1 Å². The number of carbonyl (C=O) groups is 4. The molecule has 204 valence electrons. The maximum Gasteiger partial charge on any atom is 0.321 e. The minimum absolute atomic E-state index is 0.0561. The van der Waals surface area contributed by atoms with Gasteiger partial charge in [-0.3, -0.25) is 19.7 Å². The molecule has 40 heavy (non-hydrogen) atoms. The number of rotatable bonds is 11. The van der Waals surface area contributed by atoms with Crippen LogP contribution in [0, 0.1) is 0 Å². The summed E-state index contributed by atoms with van der Waals surface area (Å²) in [4.78, 5) is 48.5. The highest BCUT2D eigenvalue weighted by Gasteiger charge is 2.20. The number of anilines is 1. The Hall–Kier alpha value is -5.38. The zero-order chi connectivity index (χ0) is 28.3. The lowest BCUT2D eigenvalue weighted by atomic mass is 9.99. The number of hydrogen-bond acceptors (Lipinski definition) is 5. The lowest BCUT2D eigenvalue weighted by Gasteiger charge is -2.18. The van der Waals surface area contributed by atoms with Gasteiger partial charge >= 0.3 is 12.0 Å². The lowest BCUT2D eigenvalue weighted by molar-refractivity contribution is -0.137. The van der Waals surface area contributed by atoms with Gasteiger partial charge in [-0.15, -0.1) is 0 Å². The SMILES string of the molecule is O=C(O)CC(NC(=O)CNC(=O)c1ccc(NC(=O)NCc2ccccc2)o1)c1ccc(-c2ccccc2)cc1. The predicted octanol–water partition coefficient (Wildman–Crippen LogP) is 4.33. The Morgan fingerprint density at radius 3 is 2.08 bits per heavy atom. The van der Waals surface area contributed by atoms with Gasteiger partial charge in [0.1, 0.15) is 0 Å². The Morgan fingerprint density at radius 2 is 1.40 bits per heavy atom. The van der Waals surface area contributed by atoms with Crippen molar-refractivity contribution in [2.24, 2.45) is 0 Å². The van der Waals surface area contributed by atoms with E-state index in [4.69, 9.17) is 4.42 Å². The monoisotopic (exact) mass is 540 g/mol. The summed E-state index contributed by atoms with van der Waals surface area (Å²) in [5.74, 6) is -2.37. The van der Waals surface area contributed by atoms with E-state index in [9.17, 15) is 24.3 Å².